The van der Waals surface area contributed by atoms with E-state index in [4.69, 9.17) is 11.6 Å². The van der Waals surface area contributed by atoms with Crippen LogP contribution in [-0.4, -0.2) is 53.8 Å². The standard InChI is InChI=1S/C15H18ClF3N4O2/c16-11-3-8(15(17,18)19)5-21-13(11)23-2-1-9(7-23)22-14(25)12-4-10(24)6-20-12/h3,5,9-10,12,20,24H,1-2,4,6-7H2,(H,22,25). The summed E-state index contributed by atoms with van der Waals surface area (Å²) < 4.78 is 38.0. The second kappa shape index (κ2) is 6.97. The molecule has 0 spiro atoms. The zero-order valence-corrected chi connectivity index (χ0v) is 13.9. The van der Waals surface area contributed by atoms with Gasteiger partial charge in [-0.3, -0.25) is 4.79 Å². The maximum Gasteiger partial charge on any atom is 0.417 e. The molecule has 1 aromatic rings. The molecular formula is C15H18ClF3N4O2. The largest absolute Gasteiger partial charge is 0.417 e. The van der Waals surface area contributed by atoms with Crippen molar-refractivity contribution in [3.05, 3.63) is 22.8 Å². The summed E-state index contributed by atoms with van der Waals surface area (Å²) in [4.78, 5) is 17.7. The van der Waals surface area contributed by atoms with Gasteiger partial charge in [-0.2, -0.15) is 13.2 Å². The number of aliphatic hydroxyl groups is 1. The second-order valence-corrected chi connectivity index (χ2v) is 6.72. The van der Waals surface area contributed by atoms with Crippen molar-refractivity contribution >= 4 is 23.3 Å². The van der Waals surface area contributed by atoms with Gasteiger partial charge >= 0.3 is 6.18 Å². The maximum absolute atomic E-state index is 12.7. The number of anilines is 1. The fourth-order valence-electron chi connectivity index (χ4n) is 3.11. The molecule has 1 aromatic heterocycles. The topological polar surface area (TPSA) is 77.5 Å². The number of carbonyl (C=O) groups excluding carboxylic acids is 1. The number of halogens is 4. The highest BCUT2D eigenvalue weighted by Crippen LogP contribution is 2.34. The van der Waals surface area contributed by atoms with Gasteiger partial charge < -0.3 is 20.6 Å². The van der Waals surface area contributed by atoms with E-state index in [0.717, 1.165) is 12.3 Å². The number of amides is 1. The third-order valence-corrected chi connectivity index (χ3v) is 4.69. The van der Waals surface area contributed by atoms with Crippen LogP contribution in [0, 0.1) is 0 Å². The van der Waals surface area contributed by atoms with E-state index in [1.807, 2.05) is 0 Å². The van der Waals surface area contributed by atoms with E-state index in [-0.39, 0.29) is 22.8 Å². The Balaban J connectivity index is 1.60. The number of hydrogen-bond donors (Lipinski definition) is 3. The second-order valence-electron chi connectivity index (χ2n) is 6.32. The molecule has 3 heterocycles. The van der Waals surface area contributed by atoms with Crippen LogP contribution >= 0.6 is 11.6 Å². The Bertz CT molecular complexity index is 658. The van der Waals surface area contributed by atoms with Crippen LogP contribution in [0.3, 0.4) is 0 Å². The molecule has 0 saturated carbocycles. The lowest BCUT2D eigenvalue weighted by atomic mass is 10.1. The minimum atomic E-state index is -4.49. The van der Waals surface area contributed by atoms with Crippen LogP contribution in [0.15, 0.2) is 12.3 Å². The highest BCUT2D eigenvalue weighted by atomic mass is 35.5. The van der Waals surface area contributed by atoms with Gasteiger partial charge in [-0.25, -0.2) is 4.98 Å². The fourth-order valence-corrected chi connectivity index (χ4v) is 3.39. The van der Waals surface area contributed by atoms with Gasteiger partial charge in [0.25, 0.3) is 0 Å². The Morgan fingerprint density at radius 3 is 2.84 bits per heavy atom. The predicted molar refractivity (Wildman–Crippen MR) is 85.4 cm³/mol. The molecule has 0 radical (unpaired) electrons. The van der Waals surface area contributed by atoms with Crippen molar-refractivity contribution in [1.82, 2.24) is 15.6 Å². The first-order valence-electron chi connectivity index (χ1n) is 7.93. The number of nitrogens with zero attached hydrogens (tertiary/aromatic N) is 2. The van der Waals surface area contributed by atoms with Crippen LogP contribution in [0.1, 0.15) is 18.4 Å². The molecule has 138 valence electrons. The van der Waals surface area contributed by atoms with Crippen LogP contribution in [0.5, 0.6) is 0 Å². The third-order valence-electron chi connectivity index (χ3n) is 4.41. The van der Waals surface area contributed by atoms with Crippen molar-refractivity contribution in [3.8, 4) is 0 Å². The van der Waals surface area contributed by atoms with E-state index in [2.05, 4.69) is 15.6 Å². The highest BCUT2D eigenvalue weighted by Gasteiger charge is 2.34. The fraction of sp³-hybridized carbons (Fsp3) is 0.600. The summed E-state index contributed by atoms with van der Waals surface area (Å²) in [5.41, 5.74) is -0.892. The number of rotatable bonds is 3. The van der Waals surface area contributed by atoms with Crippen molar-refractivity contribution in [2.45, 2.75) is 37.2 Å². The first kappa shape index (κ1) is 18.2. The van der Waals surface area contributed by atoms with Gasteiger partial charge in [0.15, 0.2) is 0 Å². The predicted octanol–water partition coefficient (Wildman–Crippen LogP) is 1.17. The van der Waals surface area contributed by atoms with Crippen molar-refractivity contribution < 1.29 is 23.1 Å². The summed E-state index contributed by atoms with van der Waals surface area (Å²) in [5, 5.41) is 15.2. The van der Waals surface area contributed by atoms with Crippen molar-refractivity contribution in [2.24, 2.45) is 0 Å². The van der Waals surface area contributed by atoms with Gasteiger partial charge in [-0.1, -0.05) is 11.6 Å². The molecule has 0 bridgehead atoms. The molecular weight excluding hydrogens is 361 g/mol. The number of aromatic nitrogens is 1. The van der Waals surface area contributed by atoms with Crippen LogP contribution in [0.25, 0.3) is 0 Å². The molecule has 2 fully saturated rings. The van der Waals surface area contributed by atoms with Crippen LogP contribution in [-0.2, 0) is 11.0 Å². The van der Waals surface area contributed by atoms with E-state index < -0.39 is 23.9 Å². The number of pyridine rings is 1. The van der Waals surface area contributed by atoms with Crippen molar-refractivity contribution in [1.29, 1.82) is 0 Å². The Morgan fingerprint density at radius 2 is 2.24 bits per heavy atom. The summed E-state index contributed by atoms with van der Waals surface area (Å²) in [7, 11) is 0. The summed E-state index contributed by atoms with van der Waals surface area (Å²) in [6.45, 7) is 1.34. The molecule has 0 aliphatic carbocycles. The normalized spacial score (nSPS) is 26.9. The van der Waals surface area contributed by atoms with Gasteiger partial charge in [-0.15, -0.1) is 0 Å². The molecule has 2 aliphatic heterocycles. The summed E-state index contributed by atoms with van der Waals surface area (Å²) in [6.07, 6.45) is -3.24. The Morgan fingerprint density at radius 1 is 1.48 bits per heavy atom. The quantitative estimate of drug-likeness (QED) is 0.736. The van der Waals surface area contributed by atoms with E-state index in [0.29, 0.717) is 32.5 Å². The maximum atomic E-state index is 12.7. The molecule has 3 unspecified atom stereocenters. The Labute approximate surface area is 147 Å². The lowest BCUT2D eigenvalue weighted by Gasteiger charge is -2.20. The summed E-state index contributed by atoms with van der Waals surface area (Å²) >= 11 is 5.96. The highest BCUT2D eigenvalue weighted by molar-refractivity contribution is 6.33. The number of β-amino-alcohol motifs (C(OH)–C–C–N with tert-alkyl or cyclic N) is 1. The lowest BCUT2D eigenvalue weighted by Crippen LogP contribution is -2.46. The zero-order valence-electron chi connectivity index (χ0n) is 13.2. The van der Waals surface area contributed by atoms with Gasteiger partial charge in [0.1, 0.15) is 5.82 Å². The van der Waals surface area contributed by atoms with Crippen LogP contribution in [0.2, 0.25) is 5.02 Å². The zero-order chi connectivity index (χ0) is 18.2. The Hall–Kier alpha value is -1.58. The summed E-state index contributed by atoms with van der Waals surface area (Å²) in [5.74, 6) is 0.0932. The molecule has 10 heteroatoms. The number of alkyl halides is 3. The smallest absolute Gasteiger partial charge is 0.392 e. The van der Waals surface area contributed by atoms with Gasteiger partial charge in [0.2, 0.25) is 5.91 Å². The molecule has 6 nitrogen and oxygen atoms in total. The first-order valence-corrected chi connectivity index (χ1v) is 8.31. The molecule has 3 N–H and O–H groups in total. The SMILES string of the molecule is O=C(NC1CCN(c2ncc(C(F)(F)F)cc2Cl)C1)C1CC(O)CN1. The molecule has 3 rings (SSSR count). The number of nitrogens with one attached hydrogen (secondary N) is 2. The minimum Gasteiger partial charge on any atom is -0.392 e. The van der Waals surface area contributed by atoms with Gasteiger partial charge in [-0.05, 0) is 18.9 Å². The van der Waals surface area contributed by atoms with E-state index in [1.54, 1.807) is 4.90 Å². The number of carbonyl (C=O) groups is 1. The Kier molecular flexibility index (Phi) is 5.08. The van der Waals surface area contributed by atoms with E-state index in [1.165, 1.54) is 0 Å². The lowest BCUT2D eigenvalue weighted by molar-refractivity contribution is -0.137. The molecule has 2 aliphatic rings. The monoisotopic (exact) mass is 378 g/mol. The minimum absolute atomic E-state index is 0.0672. The van der Waals surface area contributed by atoms with E-state index >= 15 is 0 Å². The average molecular weight is 379 g/mol. The average Bonchev–Trinajstić information content (AvgIpc) is 3.15. The van der Waals surface area contributed by atoms with E-state index in [9.17, 15) is 23.1 Å². The van der Waals surface area contributed by atoms with Gasteiger partial charge in [0.05, 0.1) is 22.7 Å². The van der Waals surface area contributed by atoms with Crippen LogP contribution in [0.4, 0.5) is 19.0 Å². The molecule has 3 atom stereocenters. The molecule has 2 saturated heterocycles. The molecule has 25 heavy (non-hydrogen) atoms. The van der Waals surface area contributed by atoms with Crippen molar-refractivity contribution in [2.75, 3.05) is 24.5 Å². The number of hydrogen-bond acceptors (Lipinski definition) is 5. The van der Waals surface area contributed by atoms with Gasteiger partial charge in [0, 0.05) is 31.9 Å². The molecule has 0 aromatic carbocycles. The first-order chi connectivity index (χ1) is 11.7. The third kappa shape index (κ3) is 4.16. The van der Waals surface area contributed by atoms with Crippen molar-refractivity contribution in [3.63, 3.8) is 0 Å². The van der Waals surface area contributed by atoms with Crippen LogP contribution < -0.4 is 15.5 Å². The number of aliphatic hydroxyl groups excluding tert-OH is 1. The summed E-state index contributed by atoms with van der Waals surface area (Å²) in [6, 6.07) is 0.295. The molecule has 1 amide bonds.